The van der Waals surface area contributed by atoms with E-state index < -0.39 is 26.6 Å². The Hall–Kier alpha value is -4.38. The molecule has 5 rings (SSSR count). The first-order chi connectivity index (χ1) is 16.8. The van der Waals surface area contributed by atoms with E-state index in [0.29, 0.717) is 39.8 Å². The number of anilines is 3. The van der Waals surface area contributed by atoms with Crippen molar-refractivity contribution >= 4 is 38.6 Å². The van der Waals surface area contributed by atoms with E-state index in [9.17, 15) is 17.2 Å². The zero-order chi connectivity index (χ0) is 24.6. The Morgan fingerprint density at radius 2 is 1.77 bits per heavy atom. The third-order valence-corrected chi connectivity index (χ3v) is 6.54. The van der Waals surface area contributed by atoms with Gasteiger partial charge in [-0.3, -0.25) is 15.0 Å². The second kappa shape index (κ2) is 8.76. The smallest absolute Gasteiger partial charge is 0.301 e. The minimum absolute atomic E-state index is 0.150. The average Bonchev–Trinajstić information content (AvgIpc) is 3.22. The number of hydrogen-bond donors (Lipinski definition) is 2. The van der Waals surface area contributed by atoms with E-state index in [-0.39, 0.29) is 11.7 Å². The zero-order valence-electron chi connectivity index (χ0n) is 18.2. The number of para-hydroxylation sites is 2. The summed E-state index contributed by atoms with van der Waals surface area (Å²) < 4.78 is 60.7. The molecule has 2 aromatic carbocycles. The Kier molecular flexibility index (Phi) is 5.61. The Labute approximate surface area is 198 Å². The molecule has 3 heterocycles. The molecule has 3 aromatic heterocycles. The summed E-state index contributed by atoms with van der Waals surface area (Å²) in [6, 6.07) is 14.9. The number of aryl methyl sites for hydroxylation is 1. The summed E-state index contributed by atoms with van der Waals surface area (Å²) in [5, 5.41) is 3.01. The number of benzene rings is 2. The Bertz CT molecular complexity index is 1640. The van der Waals surface area contributed by atoms with Crippen LogP contribution in [0.15, 0.2) is 82.4 Å². The van der Waals surface area contributed by atoms with Crippen LogP contribution >= 0.6 is 0 Å². The highest BCUT2D eigenvalue weighted by atomic mass is 32.2. The number of sulfonamides is 1. The number of pyridine rings is 2. The third kappa shape index (κ3) is 4.66. The molecule has 0 unspecified atom stereocenters. The van der Waals surface area contributed by atoms with Gasteiger partial charge in [0.25, 0.3) is 10.0 Å². The van der Waals surface area contributed by atoms with Gasteiger partial charge < -0.3 is 4.42 Å². The van der Waals surface area contributed by atoms with Crippen LogP contribution in [0.25, 0.3) is 22.2 Å². The zero-order valence-corrected chi connectivity index (χ0v) is 19.0. The molecule has 0 aliphatic carbocycles. The highest BCUT2D eigenvalue weighted by Gasteiger charge is 2.21. The number of nitrogens with one attached hydrogen (secondary N) is 2. The van der Waals surface area contributed by atoms with E-state index in [2.05, 4.69) is 25.0 Å². The second-order valence-corrected chi connectivity index (χ2v) is 9.23. The summed E-state index contributed by atoms with van der Waals surface area (Å²) in [5.74, 6) is -1.62. The van der Waals surface area contributed by atoms with Crippen LogP contribution in [-0.2, 0) is 10.0 Å². The number of fused-ring (bicyclic) bond motifs is 1. The van der Waals surface area contributed by atoms with Gasteiger partial charge in [0, 0.05) is 24.0 Å². The van der Waals surface area contributed by atoms with Crippen molar-refractivity contribution in [3.63, 3.8) is 0 Å². The molecule has 5 aromatic rings. The van der Waals surface area contributed by atoms with Crippen molar-refractivity contribution in [3.8, 4) is 11.1 Å². The number of aromatic nitrogens is 3. The molecule has 0 bridgehead atoms. The van der Waals surface area contributed by atoms with Gasteiger partial charge in [-0.2, -0.15) is 4.98 Å². The second-order valence-electron chi connectivity index (χ2n) is 7.58. The summed E-state index contributed by atoms with van der Waals surface area (Å²) in [6.07, 6.45) is 3.14. The first kappa shape index (κ1) is 22.4. The highest BCUT2D eigenvalue weighted by Crippen LogP contribution is 2.28. The fraction of sp³-hybridized carbons (Fsp3) is 0.0417. The predicted molar refractivity (Wildman–Crippen MR) is 127 cm³/mol. The molecule has 8 nitrogen and oxygen atoms in total. The van der Waals surface area contributed by atoms with E-state index in [1.54, 1.807) is 43.6 Å². The molecular weight excluding hydrogens is 476 g/mol. The lowest BCUT2D eigenvalue weighted by Crippen LogP contribution is -2.16. The number of rotatable bonds is 6. The SMILES string of the molecule is Cc1ncc(-c2ccnc(Nc3nc4ccccc4o3)c2)cc1NS(=O)(=O)c1ccc(F)cc1F. The Balaban J connectivity index is 1.43. The first-order valence-electron chi connectivity index (χ1n) is 10.3. The molecule has 2 N–H and O–H groups in total. The molecule has 11 heteroatoms. The molecular formula is C24H17F2N5O3S. The topological polar surface area (TPSA) is 110 Å². The molecule has 0 radical (unpaired) electrons. The normalized spacial score (nSPS) is 11.5. The molecule has 0 spiro atoms. The third-order valence-electron chi connectivity index (χ3n) is 5.14. The maximum Gasteiger partial charge on any atom is 0.301 e. The molecule has 0 amide bonds. The van der Waals surface area contributed by atoms with Gasteiger partial charge in [-0.25, -0.2) is 22.2 Å². The molecule has 0 atom stereocenters. The van der Waals surface area contributed by atoms with E-state index in [4.69, 9.17) is 4.42 Å². The van der Waals surface area contributed by atoms with Gasteiger partial charge in [0.15, 0.2) is 5.58 Å². The monoisotopic (exact) mass is 493 g/mol. The van der Waals surface area contributed by atoms with Crippen LogP contribution in [0.2, 0.25) is 0 Å². The summed E-state index contributed by atoms with van der Waals surface area (Å²) in [7, 11) is -4.32. The quantitative estimate of drug-likeness (QED) is 0.325. The fourth-order valence-corrected chi connectivity index (χ4v) is 4.57. The van der Waals surface area contributed by atoms with Gasteiger partial charge in [0.2, 0.25) is 0 Å². The van der Waals surface area contributed by atoms with Crippen molar-refractivity contribution in [1.82, 2.24) is 15.0 Å². The number of halogens is 2. The maximum absolute atomic E-state index is 14.1. The summed E-state index contributed by atoms with van der Waals surface area (Å²) >= 11 is 0. The molecule has 0 fully saturated rings. The van der Waals surface area contributed by atoms with Crippen molar-refractivity contribution in [2.75, 3.05) is 10.0 Å². The van der Waals surface area contributed by atoms with Crippen molar-refractivity contribution < 1.29 is 21.6 Å². The molecule has 176 valence electrons. The van der Waals surface area contributed by atoms with E-state index in [1.807, 2.05) is 18.2 Å². The maximum atomic E-state index is 14.1. The van der Waals surface area contributed by atoms with Gasteiger partial charge in [0.05, 0.1) is 11.4 Å². The average molecular weight is 493 g/mol. The fourth-order valence-electron chi connectivity index (χ4n) is 3.40. The van der Waals surface area contributed by atoms with E-state index in [0.717, 1.165) is 12.1 Å². The van der Waals surface area contributed by atoms with Crippen LogP contribution in [0.4, 0.5) is 26.3 Å². The summed E-state index contributed by atoms with van der Waals surface area (Å²) in [5.41, 5.74) is 3.11. The molecule has 0 aliphatic heterocycles. The van der Waals surface area contributed by atoms with Gasteiger partial charge in [0.1, 0.15) is 27.9 Å². The summed E-state index contributed by atoms with van der Waals surface area (Å²) in [6.45, 7) is 1.61. The van der Waals surface area contributed by atoms with Crippen molar-refractivity contribution in [3.05, 3.63) is 90.4 Å². The minimum atomic E-state index is -4.32. The molecule has 0 saturated heterocycles. The van der Waals surface area contributed by atoms with Crippen LogP contribution in [-0.4, -0.2) is 23.4 Å². The van der Waals surface area contributed by atoms with Crippen LogP contribution in [0.5, 0.6) is 0 Å². The van der Waals surface area contributed by atoms with Gasteiger partial charge >= 0.3 is 6.01 Å². The van der Waals surface area contributed by atoms with Crippen molar-refractivity contribution in [1.29, 1.82) is 0 Å². The van der Waals surface area contributed by atoms with Crippen LogP contribution < -0.4 is 10.0 Å². The van der Waals surface area contributed by atoms with Gasteiger partial charge in [-0.05, 0) is 55.0 Å². The Morgan fingerprint density at radius 1 is 0.943 bits per heavy atom. The van der Waals surface area contributed by atoms with Crippen LogP contribution in [0.3, 0.4) is 0 Å². The Morgan fingerprint density at radius 3 is 2.57 bits per heavy atom. The standard InChI is InChI=1S/C24H17F2N5O3S/c1-14-20(31-35(32,33)22-7-6-17(25)12-18(22)26)10-16(13-28-14)15-8-9-27-23(11-15)30-24-29-19-4-2-3-5-21(19)34-24/h2-13,31H,1H3,(H,27,29,30). The lowest BCUT2D eigenvalue weighted by atomic mass is 10.1. The molecule has 0 saturated carbocycles. The highest BCUT2D eigenvalue weighted by molar-refractivity contribution is 7.92. The number of hydrogen-bond acceptors (Lipinski definition) is 7. The van der Waals surface area contributed by atoms with E-state index in [1.165, 1.54) is 0 Å². The van der Waals surface area contributed by atoms with E-state index >= 15 is 0 Å². The van der Waals surface area contributed by atoms with Crippen molar-refractivity contribution in [2.45, 2.75) is 11.8 Å². The number of nitrogens with zero attached hydrogens (tertiary/aromatic N) is 3. The largest absolute Gasteiger partial charge is 0.423 e. The first-order valence-corrected chi connectivity index (χ1v) is 11.8. The predicted octanol–water partition coefficient (Wildman–Crippen LogP) is 5.42. The molecule has 0 aliphatic rings. The van der Waals surface area contributed by atoms with Gasteiger partial charge in [-0.15, -0.1) is 0 Å². The summed E-state index contributed by atoms with van der Waals surface area (Å²) in [4.78, 5) is 12.2. The lowest BCUT2D eigenvalue weighted by Gasteiger charge is -2.13. The number of oxazole rings is 1. The van der Waals surface area contributed by atoms with Gasteiger partial charge in [-0.1, -0.05) is 12.1 Å². The van der Waals surface area contributed by atoms with Crippen LogP contribution in [0, 0.1) is 18.6 Å². The lowest BCUT2D eigenvalue weighted by molar-refractivity contribution is 0.551. The van der Waals surface area contributed by atoms with Crippen LogP contribution in [0.1, 0.15) is 5.69 Å². The minimum Gasteiger partial charge on any atom is -0.423 e. The molecule has 35 heavy (non-hydrogen) atoms. The van der Waals surface area contributed by atoms with Crippen molar-refractivity contribution in [2.24, 2.45) is 0 Å².